The van der Waals surface area contributed by atoms with Crippen molar-refractivity contribution in [3.63, 3.8) is 0 Å². The van der Waals surface area contributed by atoms with Crippen LogP contribution in [0, 0.1) is 0 Å². The van der Waals surface area contributed by atoms with Crippen molar-refractivity contribution in [2.75, 3.05) is 0 Å². The Hall–Kier alpha value is -0.603. The molecule has 0 heterocycles. The van der Waals surface area contributed by atoms with E-state index >= 15 is 0 Å². The molecule has 0 bridgehead atoms. The summed E-state index contributed by atoms with van der Waals surface area (Å²) in [6, 6.07) is 0. The Labute approximate surface area is 155 Å². The maximum absolute atomic E-state index is 4.06. The van der Waals surface area contributed by atoms with Crippen molar-refractivity contribution in [2.24, 2.45) is 20.7 Å². The summed E-state index contributed by atoms with van der Waals surface area (Å²) >= 11 is 0. The molecular formula is C16H37LiN6. The molecule has 0 aromatic carbocycles. The van der Waals surface area contributed by atoms with Crippen LogP contribution < -0.4 is 24.3 Å². The second-order valence-corrected chi connectivity index (χ2v) is 9.36. The molecule has 0 spiro atoms. The van der Waals surface area contributed by atoms with Crippen LogP contribution in [0.15, 0.2) is 20.7 Å². The van der Waals surface area contributed by atoms with Crippen LogP contribution in [0.25, 0.3) is 5.43 Å². The quantitative estimate of drug-likeness (QED) is 0.474. The zero-order valence-corrected chi connectivity index (χ0v) is 17.7. The first-order valence-electron chi connectivity index (χ1n) is 7.74. The molecule has 0 aromatic heterocycles. The topological polar surface area (TPSA) is 75.6 Å². The van der Waals surface area contributed by atoms with Crippen molar-refractivity contribution in [1.29, 1.82) is 0 Å². The Morgan fingerprint density at radius 1 is 0.652 bits per heavy atom. The molecule has 0 radical (unpaired) electrons. The van der Waals surface area contributed by atoms with Gasteiger partial charge in [0.05, 0.1) is 5.54 Å². The van der Waals surface area contributed by atoms with E-state index in [0.717, 1.165) is 0 Å². The number of hydrogen-bond acceptors (Lipinski definition) is 4. The molecule has 0 fully saturated rings. The molecule has 0 aliphatic rings. The molecule has 0 aliphatic heterocycles. The first kappa shape index (κ1) is 27.3. The number of nitrogens with one attached hydrogen (secondary N) is 1. The molecule has 0 aromatic rings. The molecule has 7 heteroatoms. The Bertz CT molecular complexity index is 315. The predicted molar refractivity (Wildman–Crippen MR) is 95.2 cm³/mol. The Morgan fingerprint density at radius 3 is 1.30 bits per heavy atom. The molecule has 0 amide bonds. The van der Waals surface area contributed by atoms with Crippen molar-refractivity contribution in [3.8, 4) is 0 Å². The molecule has 0 atom stereocenters. The van der Waals surface area contributed by atoms with E-state index in [1.165, 1.54) is 0 Å². The first-order valence-corrected chi connectivity index (χ1v) is 7.74. The third-order valence-corrected chi connectivity index (χ3v) is 1.42. The van der Waals surface area contributed by atoms with E-state index in [-0.39, 0.29) is 41.0 Å². The molecule has 23 heavy (non-hydrogen) atoms. The van der Waals surface area contributed by atoms with E-state index in [9.17, 15) is 0 Å². The summed E-state index contributed by atoms with van der Waals surface area (Å²) < 4.78 is 0. The van der Waals surface area contributed by atoms with Crippen LogP contribution in [0.4, 0.5) is 0 Å². The summed E-state index contributed by atoms with van der Waals surface area (Å²) in [5.41, 5.74) is 6.63. The summed E-state index contributed by atoms with van der Waals surface area (Å²) in [6.07, 6.45) is 0. The van der Waals surface area contributed by atoms with E-state index in [1.807, 2.05) is 62.3 Å². The third-order valence-electron chi connectivity index (χ3n) is 1.42. The standard InChI is InChI=1S/C8H19N3.C8H18N3.Li/c2*1-7(2,3)9-11-10-8(4,5)6;/h1-6H3,(H,9,10);1-6H3;/q;-1;+1. The second-order valence-electron chi connectivity index (χ2n) is 9.36. The van der Waals surface area contributed by atoms with Gasteiger partial charge in [-0.15, -0.1) is 0 Å². The molecule has 0 saturated heterocycles. The molecule has 6 nitrogen and oxygen atoms in total. The van der Waals surface area contributed by atoms with Crippen LogP contribution in [-0.2, 0) is 0 Å². The van der Waals surface area contributed by atoms with E-state index < -0.39 is 0 Å². The smallest absolute Gasteiger partial charge is 0.376 e. The molecule has 0 rings (SSSR count). The average Bonchev–Trinajstić information content (AvgIpc) is 2.08. The Balaban J connectivity index is -0.000000333. The summed E-state index contributed by atoms with van der Waals surface area (Å²) in [6.45, 7) is 24.2. The van der Waals surface area contributed by atoms with Crippen molar-refractivity contribution < 1.29 is 18.9 Å². The van der Waals surface area contributed by atoms with Gasteiger partial charge in [0.15, 0.2) is 0 Å². The maximum Gasteiger partial charge on any atom is 1.00 e. The van der Waals surface area contributed by atoms with Crippen molar-refractivity contribution in [3.05, 3.63) is 5.43 Å². The maximum atomic E-state index is 4.06. The van der Waals surface area contributed by atoms with Gasteiger partial charge in [-0.2, -0.15) is 5.11 Å². The third kappa shape index (κ3) is 34.0. The number of nitrogens with zero attached hydrogens (tertiary/aromatic N) is 5. The van der Waals surface area contributed by atoms with Crippen molar-refractivity contribution in [2.45, 2.75) is 105 Å². The Kier molecular flexibility index (Phi) is 12.2. The van der Waals surface area contributed by atoms with E-state index in [0.29, 0.717) is 0 Å². The molecule has 132 valence electrons. The van der Waals surface area contributed by atoms with Gasteiger partial charge >= 0.3 is 18.9 Å². The summed E-state index contributed by atoms with van der Waals surface area (Å²) in [4.78, 5) is 0. The Morgan fingerprint density at radius 2 is 1.04 bits per heavy atom. The fourth-order valence-electron chi connectivity index (χ4n) is 0.616. The number of rotatable bonds is 2. The zero-order valence-electron chi connectivity index (χ0n) is 17.7. The summed E-state index contributed by atoms with van der Waals surface area (Å²) in [5, 5.41) is 15.7. The van der Waals surface area contributed by atoms with Crippen molar-refractivity contribution >= 4 is 0 Å². The van der Waals surface area contributed by atoms with Crippen LogP contribution in [0.2, 0.25) is 0 Å². The minimum absolute atomic E-state index is 0. The van der Waals surface area contributed by atoms with E-state index in [1.54, 1.807) is 0 Å². The zero-order chi connectivity index (χ0) is 18.2. The van der Waals surface area contributed by atoms with Crippen LogP contribution in [0.3, 0.4) is 0 Å². The van der Waals surface area contributed by atoms with Gasteiger partial charge in [-0.25, -0.2) is 0 Å². The molecule has 0 saturated carbocycles. The predicted octanol–water partition coefficient (Wildman–Crippen LogP) is 2.87. The van der Waals surface area contributed by atoms with Crippen molar-refractivity contribution in [1.82, 2.24) is 5.43 Å². The van der Waals surface area contributed by atoms with Crippen LogP contribution in [-0.4, -0.2) is 22.2 Å². The summed E-state index contributed by atoms with van der Waals surface area (Å²) in [5.74, 6) is 0. The number of hydrogen-bond donors (Lipinski definition) is 1. The first-order chi connectivity index (χ1) is 9.41. The van der Waals surface area contributed by atoms with Gasteiger partial charge in [0, 0.05) is 5.54 Å². The monoisotopic (exact) mass is 320 g/mol. The fraction of sp³-hybridized carbons (Fsp3) is 1.00. The molecule has 0 unspecified atom stereocenters. The van der Waals surface area contributed by atoms with Gasteiger partial charge in [0.2, 0.25) is 0 Å². The van der Waals surface area contributed by atoms with Gasteiger partial charge in [-0.1, -0.05) is 46.8 Å². The molecular weight excluding hydrogens is 283 g/mol. The largest absolute Gasteiger partial charge is 1.00 e. The van der Waals surface area contributed by atoms with Crippen LogP contribution in [0.5, 0.6) is 0 Å². The van der Waals surface area contributed by atoms with Crippen LogP contribution in [0.1, 0.15) is 83.1 Å². The minimum Gasteiger partial charge on any atom is -0.376 e. The average molecular weight is 320 g/mol. The van der Waals surface area contributed by atoms with E-state index in [2.05, 4.69) is 52.3 Å². The fourth-order valence-corrected chi connectivity index (χ4v) is 0.616. The van der Waals surface area contributed by atoms with Gasteiger partial charge < -0.3 is 10.5 Å². The normalized spacial score (nSPS) is 13.4. The van der Waals surface area contributed by atoms with E-state index in [4.69, 9.17) is 0 Å². The summed E-state index contributed by atoms with van der Waals surface area (Å²) in [7, 11) is 0. The molecule has 1 N–H and O–H groups in total. The molecule has 0 aliphatic carbocycles. The van der Waals surface area contributed by atoms with Gasteiger partial charge in [0.1, 0.15) is 0 Å². The minimum atomic E-state index is -0.116. The SMILES string of the molecule is CC(C)(C)N=NNC(C)(C)C.CC(C)(C)N=N[N-]C(C)(C)C.[Li+]. The van der Waals surface area contributed by atoms with Crippen LogP contribution >= 0.6 is 0 Å². The van der Waals surface area contributed by atoms with Gasteiger partial charge in [-0.3, -0.25) is 10.6 Å². The van der Waals surface area contributed by atoms with Gasteiger partial charge in [0.25, 0.3) is 0 Å². The second kappa shape index (κ2) is 10.3. The van der Waals surface area contributed by atoms with Gasteiger partial charge in [-0.05, 0) is 52.6 Å².